The number of amides is 2. The lowest BCUT2D eigenvalue weighted by Crippen LogP contribution is -2.34. The fourth-order valence-electron chi connectivity index (χ4n) is 1.41. The number of anilines is 1. The van der Waals surface area contributed by atoms with E-state index in [9.17, 15) is 14.7 Å². The van der Waals surface area contributed by atoms with Crippen molar-refractivity contribution >= 4 is 33.6 Å². The summed E-state index contributed by atoms with van der Waals surface area (Å²) in [6.45, 7) is 5.43. The third-order valence-corrected chi connectivity index (χ3v) is 2.75. The molecule has 3 N–H and O–H groups in total. The Hall–Kier alpha value is -1.76. The zero-order valence-corrected chi connectivity index (χ0v) is 13.8. The Bertz CT molecular complexity index is 526. The van der Waals surface area contributed by atoms with Gasteiger partial charge in [0.25, 0.3) is 0 Å². The number of hydrogen-bond donors (Lipinski definition) is 3. The van der Waals surface area contributed by atoms with Crippen molar-refractivity contribution in [1.29, 1.82) is 0 Å². The molecule has 21 heavy (non-hydrogen) atoms. The Morgan fingerprint density at radius 3 is 2.62 bits per heavy atom. The molecule has 0 fully saturated rings. The number of carbonyl (C=O) groups excluding carboxylic acids is 2. The number of carbonyl (C=O) groups is 2. The molecule has 2 amide bonds. The van der Waals surface area contributed by atoms with Crippen LogP contribution in [-0.2, 0) is 9.53 Å². The summed E-state index contributed by atoms with van der Waals surface area (Å²) >= 11 is 3.25. The van der Waals surface area contributed by atoms with Gasteiger partial charge in [0.05, 0.1) is 5.69 Å². The number of hydrogen-bond acceptors (Lipinski definition) is 4. The van der Waals surface area contributed by atoms with Crippen molar-refractivity contribution in [3.05, 3.63) is 22.7 Å². The summed E-state index contributed by atoms with van der Waals surface area (Å²) in [5.74, 6) is -0.342. The van der Waals surface area contributed by atoms with E-state index in [4.69, 9.17) is 4.74 Å². The standard InChI is InChI=1S/C14H19BrN2O4/c1-14(2,3)21-13(20)16-7-6-12(19)17-10-8-9(15)4-5-11(10)18/h4-5,8,18H,6-7H2,1-3H3,(H,16,20)(H,17,19). The minimum absolute atomic E-state index is 0.0216. The molecule has 0 unspecified atom stereocenters. The molecule has 0 aliphatic rings. The van der Waals surface area contributed by atoms with Crippen molar-refractivity contribution < 1.29 is 19.4 Å². The van der Waals surface area contributed by atoms with Crippen LogP contribution < -0.4 is 10.6 Å². The number of halogens is 1. The summed E-state index contributed by atoms with van der Waals surface area (Å²) in [5, 5.41) is 14.6. The molecule has 0 aliphatic heterocycles. The van der Waals surface area contributed by atoms with E-state index in [2.05, 4.69) is 26.6 Å². The molecule has 0 spiro atoms. The molecule has 7 heteroatoms. The monoisotopic (exact) mass is 358 g/mol. The first-order chi connectivity index (χ1) is 9.67. The normalized spacial score (nSPS) is 10.9. The van der Waals surface area contributed by atoms with Gasteiger partial charge in [0.1, 0.15) is 11.4 Å². The smallest absolute Gasteiger partial charge is 0.407 e. The highest BCUT2D eigenvalue weighted by Gasteiger charge is 2.16. The van der Waals surface area contributed by atoms with E-state index in [-0.39, 0.29) is 24.6 Å². The molecule has 6 nitrogen and oxygen atoms in total. The van der Waals surface area contributed by atoms with Crippen LogP contribution in [-0.4, -0.2) is 29.3 Å². The maximum atomic E-state index is 11.7. The van der Waals surface area contributed by atoms with E-state index < -0.39 is 11.7 Å². The molecule has 0 saturated heterocycles. The lowest BCUT2D eigenvalue weighted by atomic mass is 10.2. The average molecular weight is 359 g/mol. The van der Waals surface area contributed by atoms with Gasteiger partial charge in [-0.25, -0.2) is 4.79 Å². The quantitative estimate of drug-likeness (QED) is 0.722. The average Bonchev–Trinajstić information content (AvgIpc) is 2.31. The van der Waals surface area contributed by atoms with Gasteiger partial charge in [0.15, 0.2) is 0 Å². The first-order valence-electron chi connectivity index (χ1n) is 6.42. The second-order valence-corrected chi connectivity index (χ2v) is 6.30. The summed E-state index contributed by atoms with van der Waals surface area (Å²) in [7, 11) is 0. The molecule has 116 valence electrons. The van der Waals surface area contributed by atoms with E-state index in [1.165, 1.54) is 6.07 Å². The molecule has 1 rings (SSSR count). The number of phenols is 1. The number of rotatable bonds is 4. The minimum atomic E-state index is -0.575. The maximum absolute atomic E-state index is 11.7. The second-order valence-electron chi connectivity index (χ2n) is 5.39. The van der Waals surface area contributed by atoms with Gasteiger partial charge in [-0.1, -0.05) is 15.9 Å². The fraction of sp³-hybridized carbons (Fsp3) is 0.429. The fourth-order valence-corrected chi connectivity index (χ4v) is 1.77. The predicted octanol–water partition coefficient (Wildman–Crippen LogP) is 3.01. The van der Waals surface area contributed by atoms with E-state index in [0.29, 0.717) is 5.69 Å². The lowest BCUT2D eigenvalue weighted by Gasteiger charge is -2.19. The van der Waals surface area contributed by atoms with E-state index in [0.717, 1.165) is 4.47 Å². The SMILES string of the molecule is CC(C)(C)OC(=O)NCCC(=O)Nc1cc(Br)ccc1O. The summed E-state index contributed by atoms with van der Waals surface area (Å²) in [4.78, 5) is 23.1. The minimum Gasteiger partial charge on any atom is -0.506 e. The summed E-state index contributed by atoms with van der Waals surface area (Å²) in [6, 6.07) is 4.72. The van der Waals surface area contributed by atoms with Gasteiger partial charge in [-0.3, -0.25) is 4.79 Å². The third kappa shape index (κ3) is 6.99. The second kappa shape index (κ2) is 7.31. The van der Waals surface area contributed by atoms with Gasteiger partial charge < -0.3 is 20.5 Å². The Morgan fingerprint density at radius 1 is 1.33 bits per heavy atom. The van der Waals surface area contributed by atoms with E-state index >= 15 is 0 Å². The number of ether oxygens (including phenoxy) is 1. The number of benzene rings is 1. The number of nitrogens with one attached hydrogen (secondary N) is 2. The zero-order chi connectivity index (χ0) is 16.0. The topological polar surface area (TPSA) is 87.7 Å². The van der Waals surface area contributed by atoms with Crippen molar-refractivity contribution in [3.8, 4) is 5.75 Å². The van der Waals surface area contributed by atoms with Crippen LogP contribution in [0.15, 0.2) is 22.7 Å². The molecule has 0 radical (unpaired) electrons. The van der Waals surface area contributed by atoms with Crippen LogP contribution in [0.4, 0.5) is 10.5 Å². The van der Waals surface area contributed by atoms with Crippen LogP contribution in [0.2, 0.25) is 0 Å². The molecule has 0 bridgehead atoms. The van der Waals surface area contributed by atoms with Crippen LogP contribution >= 0.6 is 15.9 Å². The van der Waals surface area contributed by atoms with Gasteiger partial charge in [-0.15, -0.1) is 0 Å². The van der Waals surface area contributed by atoms with Crippen LogP contribution in [0.1, 0.15) is 27.2 Å². The van der Waals surface area contributed by atoms with E-state index in [1.54, 1.807) is 32.9 Å². The van der Waals surface area contributed by atoms with Gasteiger partial charge >= 0.3 is 6.09 Å². The molecule has 0 saturated carbocycles. The Labute approximate surface area is 132 Å². The molecular weight excluding hydrogens is 340 g/mol. The van der Waals surface area contributed by atoms with Crippen molar-refractivity contribution in [2.75, 3.05) is 11.9 Å². The maximum Gasteiger partial charge on any atom is 0.407 e. The van der Waals surface area contributed by atoms with Crippen molar-refractivity contribution in [1.82, 2.24) is 5.32 Å². The van der Waals surface area contributed by atoms with Crippen molar-refractivity contribution in [2.45, 2.75) is 32.8 Å². The highest BCUT2D eigenvalue weighted by atomic mass is 79.9. The van der Waals surface area contributed by atoms with Crippen LogP contribution in [0.5, 0.6) is 5.75 Å². The Morgan fingerprint density at radius 2 is 2.00 bits per heavy atom. The molecule has 1 aromatic carbocycles. The first-order valence-corrected chi connectivity index (χ1v) is 7.22. The largest absolute Gasteiger partial charge is 0.506 e. The molecule has 0 aromatic heterocycles. The van der Waals surface area contributed by atoms with E-state index in [1.807, 2.05) is 0 Å². The van der Waals surface area contributed by atoms with Gasteiger partial charge in [0, 0.05) is 17.4 Å². The Balaban J connectivity index is 2.38. The first kappa shape index (κ1) is 17.3. The van der Waals surface area contributed by atoms with Crippen molar-refractivity contribution in [3.63, 3.8) is 0 Å². The predicted molar refractivity (Wildman–Crippen MR) is 83.3 cm³/mol. The molecular formula is C14H19BrN2O4. The van der Waals surface area contributed by atoms with Crippen molar-refractivity contribution in [2.24, 2.45) is 0 Å². The molecule has 0 heterocycles. The highest BCUT2D eigenvalue weighted by molar-refractivity contribution is 9.10. The third-order valence-electron chi connectivity index (χ3n) is 2.25. The number of alkyl carbamates (subject to hydrolysis) is 1. The van der Waals surface area contributed by atoms with Crippen LogP contribution in [0.25, 0.3) is 0 Å². The molecule has 1 aromatic rings. The highest BCUT2D eigenvalue weighted by Crippen LogP contribution is 2.26. The van der Waals surface area contributed by atoms with Crippen LogP contribution in [0.3, 0.4) is 0 Å². The number of phenolic OH excluding ortho intramolecular Hbond substituents is 1. The van der Waals surface area contributed by atoms with Crippen LogP contribution in [0, 0.1) is 0 Å². The van der Waals surface area contributed by atoms with Gasteiger partial charge in [-0.2, -0.15) is 0 Å². The molecule has 0 atom stereocenters. The lowest BCUT2D eigenvalue weighted by molar-refractivity contribution is -0.116. The number of aromatic hydroxyl groups is 1. The Kier molecular flexibility index (Phi) is 6.02. The summed E-state index contributed by atoms with van der Waals surface area (Å²) in [5.41, 5.74) is -0.263. The zero-order valence-electron chi connectivity index (χ0n) is 12.2. The molecule has 0 aliphatic carbocycles. The van der Waals surface area contributed by atoms with Gasteiger partial charge in [-0.05, 0) is 39.0 Å². The van der Waals surface area contributed by atoms with Gasteiger partial charge in [0.2, 0.25) is 5.91 Å². The summed E-state index contributed by atoms with van der Waals surface area (Å²) in [6.07, 6.45) is -0.494. The summed E-state index contributed by atoms with van der Waals surface area (Å²) < 4.78 is 5.78.